The van der Waals surface area contributed by atoms with Crippen LogP contribution in [-0.2, 0) is 4.79 Å². The number of benzene rings is 1. The summed E-state index contributed by atoms with van der Waals surface area (Å²) in [5, 5.41) is 3.19. The lowest BCUT2D eigenvalue weighted by Crippen LogP contribution is -2.48. The molecule has 1 N–H and O–H groups in total. The first kappa shape index (κ1) is 13.8. The first-order chi connectivity index (χ1) is 9.19. The van der Waals surface area contributed by atoms with Gasteiger partial charge in [-0.3, -0.25) is 4.79 Å². The minimum absolute atomic E-state index is 0.0418. The lowest BCUT2D eigenvalue weighted by molar-refractivity contribution is -0.134. The van der Waals surface area contributed by atoms with Gasteiger partial charge in [-0.1, -0.05) is 6.07 Å². The molecule has 0 radical (unpaired) electrons. The van der Waals surface area contributed by atoms with Crippen molar-refractivity contribution in [1.82, 2.24) is 10.2 Å². The molecule has 0 saturated carbocycles. The van der Waals surface area contributed by atoms with E-state index in [1.165, 1.54) is 12.1 Å². The van der Waals surface area contributed by atoms with E-state index in [2.05, 4.69) is 5.32 Å². The number of rotatable bonds is 4. The maximum absolute atomic E-state index is 13.0. The third-order valence-electron chi connectivity index (χ3n) is 3.34. The number of amides is 1. The average molecular weight is 266 g/mol. The van der Waals surface area contributed by atoms with Gasteiger partial charge in [0.2, 0.25) is 0 Å². The Morgan fingerprint density at radius 1 is 1.58 bits per heavy atom. The zero-order valence-electron chi connectivity index (χ0n) is 11.1. The molecule has 1 aliphatic rings. The third kappa shape index (κ3) is 3.92. The standard InChI is InChI=1S/C14H19FN2O2/c1-16-12-5-3-7-17(9-12)14(18)10-19-13-6-2-4-11(15)8-13/h2,4,6,8,12,16H,3,5,7,9-10H2,1H3. The van der Waals surface area contributed by atoms with Crippen molar-refractivity contribution in [3.8, 4) is 5.75 Å². The van der Waals surface area contributed by atoms with Crippen LogP contribution in [0, 0.1) is 5.82 Å². The van der Waals surface area contributed by atoms with E-state index in [0.29, 0.717) is 18.3 Å². The van der Waals surface area contributed by atoms with Crippen molar-refractivity contribution in [3.63, 3.8) is 0 Å². The molecule has 1 aliphatic heterocycles. The van der Waals surface area contributed by atoms with E-state index < -0.39 is 0 Å². The fourth-order valence-corrected chi connectivity index (χ4v) is 2.23. The number of carbonyl (C=O) groups excluding carboxylic acids is 1. The summed E-state index contributed by atoms with van der Waals surface area (Å²) in [6.45, 7) is 1.44. The predicted octanol–water partition coefficient (Wildman–Crippen LogP) is 1.41. The summed E-state index contributed by atoms with van der Waals surface area (Å²) in [7, 11) is 1.90. The molecule has 0 aromatic heterocycles. The molecule has 0 bridgehead atoms. The van der Waals surface area contributed by atoms with Crippen LogP contribution in [-0.4, -0.2) is 43.6 Å². The van der Waals surface area contributed by atoms with Crippen LogP contribution in [0.2, 0.25) is 0 Å². The van der Waals surface area contributed by atoms with Gasteiger partial charge in [-0.2, -0.15) is 0 Å². The molecule has 1 aromatic carbocycles. The molecule has 1 saturated heterocycles. The molecule has 1 aromatic rings. The second-order valence-electron chi connectivity index (χ2n) is 4.71. The Balaban J connectivity index is 1.84. The number of piperidine rings is 1. The molecule has 104 valence electrons. The minimum Gasteiger partial charge on any atom is -0.484 e. The Morgan fingerprint density at radius 3 is 3.16 bits per heavy atom. The van der Waals surface area contributed by atoms with Crippen molar-refractivity contribution in [2.24, 2.45) is 0 Å². The topological polar surface area (TPSA) is 41.6 Å². The molecule has 1 atom stereocenters. The van der Waals surface area contributed by atoms with Crippen molar-refractivity contribution >= 4 is 5.91 Å². The van der Waals surface area contributed by atoms with E-state index in [1.54, 1.807) is 17.0 Å². The molecule has 1 heterocycles. The van der Waals surface area contributed by atoms with Crippen molar-refractivity contribution < 1.29 is 13.9 Å². The van der Waals surface area contributed by atoms with Gasteiger partial charge in [0.05, 0.1) is 0 Å². The molecule has 2 rings (SSSR count). The summed E-state index contributed by atoms with van der Waals surface area (Å²) in [5.41, 5.74) is 0. The predicted molar refractivity (Wildman–Crippen MR) is 70.6 cm³/mol. The summed E-state index contributed by atoms with van der Waals surface area (Å²) in [5.74, 6) is -0.0297. The zero-order valence-corrected chi connectivity index (χ0v) is 11.1. The monoisotopic (exact) mass is 266 g/mol. The molecule has 4 nitrogen and oxygen atoms in total. The van der Waals surface area contributed by atoms with E-state index in [9.17, 15) is 9.18 Å². The lowest BCUT2D eigenvalue weighted by atomic mass is 10.1. The maximum Gasteiger partial charge on any atom is 0.260 e. The Kier molecular flexibility index (Phi) is 4.74. The van der Waals surface area contributed by atoms with Crippen molar-refractivity contribution in [2.75, 3.05) is 26.7 Å². The average Bonchev–Trinajstić information content (AvgIpc) is 2.45. The lowest BCUT2D eigenvalue weighted by Gasteiger charge is -2.32. The molecule has 5 heteroatoms. The van der Waals surface area contributed by atoms with Crippen LogP contribution in [0.1, 0.15) is 12.8 Å². The normalized spacial score (nSPS) is 19.3. The minimum atomic E-state index is -0.363. The van der Waals surface area contributed by atoms with Crippen LogP contribution in [0.25, 0.3) is 0 Å². The second kappa shape index (κ2) is 6.52. The van der Waals surface area contributed by atoms with Crippen LogP contribution < -0.4 is 10.1 Å². The number of hydrogen-bond donors (Lipinski definition) is 1. The molecule has 0 spiro atoms. The van der Waals surface area contributed by atoms with Crippen LogP contribution in [0.3, 0.4) is 0 Å². The van der Waals surface area contributed by atoms with E-state index in [1.807, 2.05) is 7.05 Å². The number of likely N-dealkylation sites (N-methyl/N-ethyl adjacent to an activating group) is 1. The summed E-state index contributed by atoms with van der Waals surface area (Å²) >= 11 is 0. The van der Waals surface area contributed by atoms with E-state index in [4.69, 9.17) is 4.74 Å². The highest BCUT2D eigenvalue weighted by Crippen LogP contribution is 2.13. The first-order valence-corrected chi connectivity index (χ1v) is 6.52. The van der Waals surface area contributed by atoms with E-state index in [-0.39, 0.29) is 18.3 Å². The SMILES string of the molecule is CNC1CCCN(C(=O)COc2cccc(F)c2)C1. The Hall–Kier alpha value is -1.62. The third-order valence-corrected chi connectivity index (χ3v) is 3.34. The number of nitrogens with one attached hydrogen (secondary N) is 1. The molecule has 19 heavy (non-hydrogen) atoms. The molecule has 0 aliphatic carbocycles. The highest BCUT2D eigenvalue weighted by Gasteiger charge is 2.22. The second-order valence-corrected chi connectivity index (χ2v) is 4.71. The van der Waals surface area contributed by atoms with E-state index >= 15 is 0 Å². The van der Waals surface area contributed by atoms with Gasteiger partial charge in [-0.15, -0.1) is 0 Å². The summed E-state index contributed by atoms with van der Waals surface area (Å²) in [6.07, 6.45) is 2.09. The number of carbonyl (C=O) groups is 1. The quantitative estimate of drug-likeness (QED) is 0.896. The number of halogens is 1. The first-order valence-electron chi connectivity index (χ1n) is 6.52. The Morgan fingerprint density at radius 2 is 2.42 bits per heavy atom. The van der Waals surface area contributed by atoms with Crippen molar-refractivity contribution in [2.45, 2.75) is 18.9 Å². The van der Waals surface area contributed by atoms with Crippen LogP contribution in [0.5, 0.6) is 5.75 Å². The highest BCUT2D eigenvalue weighted by atomic mass is 19.1. The van der Waals surface area contributed by atoms with Gasteiger partial charge in [0.25, 0.3) is 5.91 Å². The molecular formula is C14H19FN2O2. The summed E-state index contributed by atoms with van der Waals surface area (Å²) in [6, 6.07) is 6.18. The fourth-order valence-electron chi connectivity index (χ4n) is 2.23. The van der Waals surface area contributed by atoms with Gasteiger partial charge < -0.3 is 15.0 Å². The van der Waals surface area contributed by atoms with Gasteiger partial charge in [-0.25, -0.2) is 4.39 Å². The molecule has 1 unspecified atom stereocenters. The number of hydrogen-bond acceptors (Lipinski definition) is 3. The fraction of sp³-hybridized carbons (Fsp3) is 0.500. The van der Waals surface area contributed by atoms with Crippen LogP contribution >= 0.6 is 0 Å². The molecular weight excluding hydrogens is 247 g/mol. The number of likely N-dealkylation sites (tertiary alicyclic amines) is 1. The Bertz CT molecular complexity index is 439. The Labute approximate surface area is 112 Å². The van der Waals surface area contributed by atoms with Gasteiger partial charge in [0.1, 0.15) is 11.6 Å². The summed E-state index contributed by atoms with van der Waals surface area (Å²) in [4.78, 5) is 13.8. The van der Waals surface area contributed by atoms with Gasteiger partial charge >= 0.3 is 0 Å². The number of ether oxygens (including phenoxy) is 1. The van der Waals surface area contributed by atoms with Gasteiger partial charge in [0.15, 0.2) is 6.61 Å². The number of nitrogens with zero attached hydrogens (tertiary/aromatic N) is 1. The van der Waals surface area contributed by atoms with Crippen LogP contribution in [0.15, 0.2) is 24.3 Å². The zero-order chi connectivity index (χ0) is 13.7. The largest absolute Gasteiger partial charge is 0.484 e. The van der Waals surface area contributed by atoms with Gasteiger partial charge in [-0.05, 0) is 32.0 Å². The summed E-state index contributed by atoms with van der Waals surface area (Å²) < 4.78 is 18.3. The van der Waals surface area contributed by atoms with Gasteiger partial charge in [0, 0.05) is 25.2 Å². The molecule has 1 fully saturated rings. The van der Waals surface area contributed by atoms with Crippen molar-refractivity contribution in [1.29, 1.82) is 0 Å². The smallest absolute Gasteiger partial charge is 0.260 e. The van der Waals surface area contributed by atoms with E-state index in [0.717, 1.165) is 19.4 Å². The highest BCUT2D eigenvalue weighted by molar-refractivity contribution is 5.77. The molecule has 1 amide bonds. The maximum atomic E-state index is 13.0. The van der Waals surface area contributed by atoms with Crippen LogP contribution in [0.4, 0.5) is 4.39 Å². The van der Waals surface area contributed by atoms with Crippen molar-refractivity contribution in [3.05, 3.63) is 30.1 Å².